The first-order valence-corrected chi connectivity index (χ1v) is 10.6. The number of anilines is 1. The van der Waals surface area contributed by atoms with Crippen LogP contribution in [0.1, 0.15) is 53.7 Å². The van der Waals surface area contributed by atoms with Crippen LogP contribution in [0.15, 0.2) is 45.6 Å². The summed E-state index contributed by atoms with van der Waals surface area (Å²) in [5.41, 5.74) is 8.35. The summed E-state index contributed by atoms with van der Waals surface area (Å²) >= 11 is 0. The fraction of sp³-hybridized carbons (Fsp3) is 0.320. The first kappa shape index (κ1) is 21.6. The van der Waals surface area contributed by atoms with Crippen LogP contribution >= 0.6 is 0 Å². The van der Waals surface area contributed by atoms with E-state index in [1.54, 1.807) is 30.3 Å². The minimum atomic E-state index is -0.530. The summed E-state index contributed by atoms with van der Waals surface area (Å²) < 4.78 is 11.6. The molecule has 0 bridgehead atoms. The Morgan fingerprint density at radius 2 is 1.88 bits per heavy atom. The number of aryl methyl sites for hydroxylation is 2. The van der Waals surface area contributed by atoms with Gasteiger partial charge < -0.3 is 20.2 Å². The van der Waals surface area contributed by atoms with Gasteiger partial charge in [0.25, 0.3) is 0 Å². The zero-order chi connectivity index (χ0) is 23.0. The molecule has 1 aromatic heterocycles. The summed E-state index contributed by atoms with van der Waals surface area (Å²) in [6.07, 6.45) is 2.19. The third-order valence-corrected chi connectivity index (χ3v) is 5.91. The predicted octanol–water partition coefficient (Wildman–Crippen LogP) is 3.88. The van der Waals surface area contributed by atoms with E-state index in [0.29, 0.717) is 22.4 Å². The highest BCUT2D eigenvalue weighted by Gasteiger charge is 2.27. The van der Waals surface area contributed by atoms with E-state index in [4.69, 9.17) is 14.9 Å². The minimum absolute atomic E-state index is 0.122. The zero-order valence-electron chi connectivity index (χ0n) is 18.4. The molecule has 32 heavy (non-hydrogen) atoms. The molecule has 3 N–H and O–H groups in total. The molecule has 166 valence electrons. The second-order valence-corrected chi connectivity index (χ2v) is 8.80. The fourth-order valence-corrected chi connectivity index (χ4v) is 4.00. The van der Waals surface area contributed by atoms with Crippen molar-refractivity contribution >= 4 is 28.5 Å². The van der Waals surface area contributed by atoms with Gasteiger partial charge in [-0.2, -0.15) is 0 Å². The molecule has 0 fully saturated rings. The predicted molar refractivity (Wildman–Crippen MR) is 122 cm³/mol. The maximum atomic E-state index is 12.6. The lowest BCUT2D eigenvalue weighted by Crippen LogP contribution is -2.32. The maximum Gasteiger partial charge on any atom is 0.339 e. The van der Waals surface area contributed by atoms with Crippen molar-refractivity contribution in [1.29, 1.82) is 0 Å². The van der Waals surface area contributed by atoms with Crippen molar-refractivity contribution in [2.75, 3.05) is 5.32 Å². The van der Waals surface area contributed by atoms with Crippen molar-refractivity contribution < 1.29 is 18.7 Å². The van der Waals surface area contributed by atoms with Crippen LogP contribution in [0, 0.1) is 6.92 Å². The summed E-state index contributed by atoms with van der Waals surface area (Å²) in [7, 11) is 0. The molecule has 0 saturated carbocycles. The van der Waals surface area contributed by atoms with Gasteiger partial charge in [0.05, 0.1) is 0 Å². The van der Waals surface area contributed by atoms with Gasteiger partial charge in [-0.3, -0.25) is 9.59 Å². The highest BCUT2D eigenvalue weighted by molar-refractivity contribution is 5.95. The van der Waals surface area contributed by atoms with Gasteiger partial charge in [0.1, 0.15) is 16.9 Å². The molecule has 0 radical (unpaired) electrons. The van der Waals surface area contributed by atoms with Crippen molar-refractivity contribution in [1.82, 2.24) is 0 Å². The Morgan fingerprint density at radius 1 is 1.16 bits per heavy atom. The maximum absolute atomic E-state index is 12.6. The van der Waals surface area contributed by atoms with Crippen LogP contribution in [0.5, 0.6) is 5.75 Å². The first-order valence-electron chi connectivity index (χ1n) is 10.6. The van der Waals surface area contributed by atoms with E-state index in [9.17, 15) is 14.4 Å². The number of fused-ring (bicyclic) bond motifs is 2. The van der Waals surface area contributed by atoms with E-state index in [1.807, 2.05) is 26.8 Å². The molecule has 2 aromatic carbocycles. The van der Waals surface area contributed by atoms with Crippen LogP contribution in [-0.2, 0) is 17.6 Å². The molecule has 2 heterocycles. The van der Waals surface area contributed by atoms with Crippen LogP contribution in [0.3, 0.4) is 0 Å². The second-order valence-electron chi connectivity index (χ2n) is 8.80. The summed E-state index contributed by atoms with van der Waals surface area (Å²) in [5, 5.41) is 3.63. The van der Waals surface area contributed by atoms with Crippen molar-refractivity contribution in [3.8, 4) is 5.75 Å². The Bertz CT molecular complexity index is 1270. The lowest BCUT2D eigenvalue weighted by Gasteiger charge is -2.32. The van der Waals surface area contributed by atoms with E-state index in [1.165, 1.54) is 0 Å². The quantitative estimate of drug-likeness (QED) is 0.592. The Hall–Kier alpha value is -3.61. The Labute approximate surface area is 185 Å². The monoisotopic (exact) mass is 434 g/mol. The number of benzene rings is 2. The van der Waals surface area contributed by atoms with Crippen LogP contribution in [0.25, 0.3) is 11.0 Å². The highest BCUT2D eigenvalue weighted by Crippen LogP contribution is 2.36. The first-order chi connectivity index (χ1) is 15.1. The van der Waals surface area contributed by atoms with Crippen LogP contribution in [0.2, 0.25) is 0 Å². The summed E-state index contributed by atoms with van der Waals surface area (Å²) in [4.78, 5) is 36.2. The van der Waals surface area contributed by atoms with E-state index < -0.39 is 11.5 Å². The standard InChI is InChI=1S/C25H26N2O5/c1-14-18(8-9-22(28)27-17-6-4-15(5-7-17)23(26)29)24(30)31-21-13-20-16(12-19(14)21)10-11-25(2,3)32-20/h4-7,12-13H,8-11H2,1-3H3,(H2,26,29)(H,27,28). The largest absolute Gasteiger partial charge is 0.487 e. The normalized spacial score (nSPS) is 14.5. The molecule has 1 aliphatic heterocycles. The number of ether oxygens (including phenoxy) is 1. The Morgan fingerprint density at radius 3 is 2.56 bits per heavy atom. The van der Waals surface area contributed by atoms with Gasteiger partial charge >= 0.3 is 5.63 Å². The van der Waals surface area contributed by atoms with Gasteiger partial charge in [-0.15, -0.1) is 0 Å². The fourth-order valence-electron chi connectivity index (χ4n) is 4.00. The van der Waals surface area contributed by atoms with Crippen molar-refractivity contribution in [2.45, 2.75) is 52.1 Å². The molecule has 0 aliphatic carbocycles. The number of nitrogens with one attached hydrogen (secondary N) is 1. The number of hydrogen-bond acceptors (Lipinski definition) is 5. The third-order valence-electron chi connectivity index (χ3n) is 5.91. The lowest BCUT2D eigenvalue weighted by molar-refractivity contribution is -0.116. The van der Waals surface area contributed by atoms with Crippen LogP contribution in [-0.4, -0.2) is 17.4 Å². The number of nitrogens with two attached hydrogens (primary N) is 1. The smallest absolute Gasteiger partial charge is 0.339 e. The van der Waals surface area contributed by atoms with E-state index in [-0.39, 0.29) is 24.3 Å². The zero-order valence-corrected chi connectivity index (χ0v) is 18.4. The number of hydrogen-bond donors (Lipinski definition) is 2. The topological polar surface area (TPSA) is 112 Å². The molecule has 7 heteroatoms. The Kier molecular flexibility index (Phi) is 5.50. The van der Waals surface area contributed by atoms with Gasteiger partial charge in [0, 0.05) is 34.7 Å². The highest BCUT2D eigenvalue weighted by atomic mass is 16.5. The van der Waals surface area contributed by atoms with E-state index >= 15 is 0 Å². The second kappa shape index (κ2) is 8.15. The molecule has 1 aliphatic rings. The van der Waals surface area contributed by atoms with Gasteiger partial charge in [-0.25, -0.2) is 4.79 Å². The van der Waals surface area contributed by atoms with Gasteiger partial charge in [-0.05, 0) is 81.5 Å². The molecule has 0 saturated heterocycles. The van der Waals surface area contributed by atoms with Crippen molar-refractivity contribution in [3.63, 3.8) is 0 Å². The summed E-state index contributed by atoms with van der Waals surface area (Å²) in [6.45, 7) is 5.97. The Balaban J connectivity index is 1.52. The minimum Gasteiger partial charge on any atom is -0.487 e. The molecule has 0 atom stereocenters. The summed E-state index contributed by atoms with van der Waals surface area (Å²) in [6, 6.07) is 10.1. The average molecular weight is 434 g/mol. The van der Waals surface area contributed by atoms with E-state index in [0.717, 1.165) is 35.1 Å². The van der Waals surface area contributed by atoms with Gasteiger partial charge in [0.2, 0.25) is 11.8 Å². The van der Waals surface area contributed by atoms with Crippen LogP contribution < -0.4 is 21.4 Å². The van der Waals surface area contributed by atoms with Crippen LogP contribution in [0.4, 0.5) is 5.69 Å². The average Bonchev–Trinajstić information content (AvgIpc) is 2.72. The number of rotatable bonds is 5. The molecule has 4 rings (SSSR count). The number of carbonyl (C=O) groups excluding carboxylic acids is 2. The van der Waals surface area contributed by atoms with Gasteiger partial charge in [0.15, 0.2) is 0 Å². The number of carbonyl (C=O) groups is 2. The third kappa shape index (κ3) is 4.37. The summed E-state index contributed by atoms with van der Waals surface area (Å²) in [5.74, 6) is -0.0134. The molecule has 3 aromatic rings. The molecule has 2 amide bonds. The molecule has 7 nitrogen and oxygen atoms in total. The number of amides is 2. The molecular formula is C25H26N2O5. The van der Waals surface area contributed by atoms with Gasteiger partial charge in [-0.1, -0.05) is 0 Å². The number of primary amides is 1. The molecular weight excluding hydrogens is 408 g/mol. The molecule has 0 unspecified atom stereocenters. The molecule has 0 spiro atoms. The SMILES string of the molecule is Cc1c(CCC(=O)Nc2ccc(C(N)=O)cc2)c(=O)oc2cc3c(cc12)CCC(C)(C)O3. The van der Waals surface area contributed by atoms with Crippen molar-refractivity contribution in [3.05, 3.63) is 69.1 Å². The lowest BCUT2D eigenvalue weighted by atomic mass is 9.92. The van der Waals surface area contributed by atoms with Crippen molar-refractivity contribution in [2.24, 2.45) is 5.73 Å². The van der Waals surface area contributed by atoms with E-state index in [2.05, 4.69) is 5.32 Å².